The van der Waals surface area contributed by atoms with Gasteiger partial charge in [0, 0.05) is 23.7 Å². The SMILES string of the molecule is Cc1nc(C(C)C)oc1C(=O)N1CCCCCC1c1c(C)n[nH]c1C. The molecule has 3 heterocycles. The van der Waals surface area contributed by atoms with E-state index in [1.807, 2.05) is 39.5 Å². The second-order valence-electron chi connectivity index (χ2n) is 7.33. The van der Waals surface area contributed by atoms with Crippen LogP contribution in [0.5, 0.6) is 0 Å². The number of amides is 1. The highest BCUT2D eigenvalue weighted by Gasteiger charge is 2.33. The molecule has 1 N–H and O–H groups in total. The van der Waals surface area contributed by atoms with Gasteiger partial charge in [0.25, 0.3) is 5.91 Å². The number of oxazole rings is 1. The van der Waals surface area contributed by atoms with Crippen molar-refractivity contribution in [3.63, 3.8) is 0 Å². The number of carbonyl (C=O) groups excluding carboxylic acids is 1. The summed E-state index contributed by atoms with van der Waals surface area (Å²) in [5.41, 5.74) is 3.84. The third kappa shape index (κ3) is 3.34. The highest BCUT2D eigenvalue weighted by atomic mass is 16.4. The van der Waals surface area contributed by atoms with E-state index in [9.17, 15) is 4.79 Å². The molecular weight excluding hydrogens is 316 g/mol. The number of nitrogens with one attached hydrogen (secondary N) is 1. The number of hydrogen-bond acceptors (Lipinski definition) is 4. The number of likely N-dealkylation sites (tertiary alicyclic amines) is 1. The number of H-pyrrole nitrogens is 1. The Hall–Kier alpha value is -2.11. The first kappa shape index (κ1) is 17.7. The fraction of sp³-hybridized carbons (Fsp3) is 0.632. The summed E-state index contributed by atoms with van der Waals surface area (Å²) < 4.78 is 5.83. The lowest BCUT2D eigenvalue weighted by molar-refractivity contribution is 0.0644. The van der Waals surface area contributed by atoms with Crippen LogP contribution in [-0.4, -0.2) is 32.5 Å². The smallest absolute Gasteiger partial charge is 0.292 e. The molecule has 2 aromatic heterocycles. The van der Waals surface area contributed by atoms with E-state index in [4.69, 9.17) is 4.42 Å². The summed E-state index contributed by atoms with van der Waals surface area (Å²) in [7, 11) is 0. The summed E-state index contributed by atoms with van der Waals surface area (Å²) in [6, 6.07) is 0.0424. The third-order valence-corrected chi connectivity index (χ3v) is 5.03. The molecule has 0 saturated carbocycles. The van der Waals surface area contributed by atoms with Crippen LogP contribution in [0.3, 0.4) is 0 Å². The Morgan fingerprint density at radius 3 is 2.56 bits per heavy atom. The molecule has 25 heavy (non-hydrogen) atoms. The normalized spacial score (nSPS) is 18.6. The molecule has 1 saturated heterocycles. The van der Waals surface area contributed by atoms with Gasteiger partial charge < -0.3 is 9.32 Å². The van der Waals surface area contributed by atoms with Gasteiger partial charge in [0.15, 0.2) is 5.89 Å². The highest BCUT2D eigenvalue weighted by molar-refractivity contribution is 5.92. The molecular formula is C19H28N4O2. The van der Waals surface area contributed by atoms with E-state index in [2.05, 4.69) is 15.2 Å². The molecule has 6 heteroatoms. The van der Waals surface area contributed by atoms with Crippen molar-refractivity contribution in [2.24, 2.45) is 0 Å². The number of carbonyl (C=O) groups is 1. The number of aromatic nitrogens is 3. The molecule has 1 aliphatic heterocycles. The van der Waals surface area contributed by atoms with Crippen LogP contribution in [0.2, 0.25) is 0 Å². The Labute approximate surface area is 149 Å². The van der Waals surface area contributed by atoms with Gasteiger partial charge in [-0.05, 0) is 33.6 Å². The van der Waals surface area contributed by atoms with Crippen LogP contribution in [0.25, 0.3) is 0 Å². The Bertz CT molecular complexity index is 740. The maximum absolute atomic E-state index is 13.3. The number of rotatable bonds is 3. The number of nitrogens with zero attached hydrogens (tertiary/aromatic N) is 3. The second kappa shape index (κ2) is 7.02. The minimum absolute atomic E-state index is 0.0424. The third-order valence-electron chi connectivity index (χ3n) is 5.03. The number of aromatic amines is 1. The number of aryl methyl sites for hydroxylation is 3. The fourth-order valence-electron chi connectivity index (χ4n) is 3.70. The van der Waals surface area contributed by atoms with Gasteiger partial charge in [-0.15, -0.1) is 0 Å². The van der Waals surface area contributed by atoms with Gasteiger partial charge in [-0.25, -0.2) is 4.98 Å². The lowest BCUT2D eigenvalue weighted by atomic mass is 9.98. The van der Waals surface area contributed by atoms with E-state index in [-0.39, 0.29) is 17.9 Å². The average Bonchev–Trinajstić information content (AvgIpc) is 3.00. The molecule has 0 radical (unpaired) electrons. The lowest BCUT2D eigenvalue weighted by Crippen LogP contribution is -2.35. The quantitative estimate of drug-likeness (QED) is 0.905. The van der Waals surface area contributed by atoms with Crippen molar-refractivity contribution in [1.82, 2.24) is 20.1 Å². The first-order valence-electron chi connectivity index (χ1n) is 9.20. The first-order valence-corrected chi connectivity index (χ1v) is 9.20. The van der Waals surface area contributed by atoms with Crippen LogP contribution in [0, 0.1) is 20.8 Å². The second-order valence-corrected chi connectivity index (χ2v) is 7.33. The first-order chi connectivity index (χ1) is 11.9. The topological polar surface area (TPSA) is 75.0 Å². The van der Waals surface area contributed by atoms with Crippen LogP contribution in [-0.2, 0) is 0 Å². The van der Waals surface area contributed by atoms with Crippen LogP contribution in [0.1, 0.15) is 90.6 Å². The van der Waals surface area contributed by atoms with E-state index in [0.29, 0.717) is 17.3 Å². The summed E-state index contributed by atoms with van der Waals surface area (Å²) in [5.74, 6) is 1.12. The summed E-state index contributed by atoms with van der Waals surface area (Å²) >= 11 is 0. The zero-order valence-electron chi connectivity index (χ0n) is 15.8. The molecule has 6 nitrogen and oxygen atoms in total. The van der Waals surface area contributed by atoms with Gasteiger partial charge in [-0.1, -0.05) is 26.7 Å². The minimum atomic E-state index is -0.0520. The molecule has 0 spiro atoms. The molecule has 0 aromatic carbocycles. The van der Waals surface area contributed by atoms with Crippen molar-refractivity contribution in [3.05, 3.63) is 34.3 Å². The zero-order chi connectivity index (χ0) is 18.1. The van der Waals surface area contributed by atoms with Gasteiger partial charge in [-0.3, -0.25) is 9.89 Å². The minimum Gasteiger partial charge on any atom is -0.435 e. The van der Waals surface area contributed by atoms with E-state index in [1.165, 1.54) is 0 Å². The molecule has 1 amide bonds. The Balaban J connectivity index is 1.98. The molecule has 0 bridgehead atoms. The molecule has 2 aromatic rings. The van der Waals surface area contributed by atoms with E-state index < -0.39 is 0 Å². The van der Waals surface area contributed by atoms with E-state index in [0.717, 1.165) is 49.2 Å². The summed E-state index contributed by atoms with van der Waals surface area (Å²) in [4.78, 5) is 19.7. The fourth-order valence-corrected chi connectivity index (χ4v) is 3.70. The lowest BCUT2D eigenvalue weighted by Gasteiger charge is -2.30. The largest absolute Gasteiger partial charge is 0.435 e. The van der Waals surface area contributed by atoms with E-state index in [1.54, 1.807) is 0 Å². The predicted molar refractivity (Wildman–Crippen MR) is 95.6 cm³/mol. The van der Waals surface area contributed by atoms with Gasteiger partial charge in [0.05, 0.1) is 17.4 Å². The van der Waals surface area contributed by atoms with Gasteiger partial charge >= 0.3 is 0 Å². The standard InChI is InChI=1S/C19H28N4O2/c1-11(2)18-20-14(5)17(25-18)19(24)23-10-8-6-7-9-15(23)16-12(3)21-22-13(16)4/h11,15H,6-10H2,1-5H3,(H,21,22). The molecule has 1 atom stereocenters. The van der Waals surface area contributed by atoms with E-state index >= 15 is 0 Å². The maximum atomic E-state index is 13.3. The average molecular weight is 344 g/mol. The monoisotopic (exact) mass is 344 g/mol. The summed E-state index contributed by atoms with van der Waals surface area (Å²) in [5, 5.41) is 7.40. The van der Waals surface area contributed by atoms with Crippen LogP contribution >= 0.6 is 0 Å². The van der Waals surface area contributed by atoms with Crippen molar-refractivity contribution in [1.29, 1.82) is 0 Å². The predicted octanol–water partition coefficient (Wildman–Crippen LogP) is 4.20. The summed E-state index contributed by atoms with van der Waals surface area (Å²) in [6.45, 7) is 10.7. The van der Waals surface area contributed by atoms with Crippen LogP contribution in [0.15, 0.2) is 4.42 Å². The van der Waals surface area contributed by atoms with Crippen molar-refractivity contribution in [2.75, 3.05) is 6.54 Å². The number of hydrogen-bond donors (Lipinski definition) is 1. The Kier molecular flexibility index (Phi) is 4.97. The molecule has 136 valence electrons. The summed E-state index contributed by atoms with van der Waals surface area (Å²) in [6.07, 6.45) is 4.23. The van der Waals surface area contributed by atoms with Crippen LogP contribution in [0.4, 0.5) is 0 Å². The molecule has 1 fully saturated rings. The zero-order valence-corrected chi connectivity index (χ0v) is 15.8. The highest BCUT2D eigenvalue weighted by Crippen LogP contribution is 2.34. The van der Waals surface area contributed by atoms with Crippen molar-refractivity contribution in [2.45, 2.75) is 72.3 Å². The molecule has 1 unspecified atom stereocenters. The maximum Gasteiger partial charge on any atom is 0.292 e. The van der Waals surface area contributed by atoms with Crippen molar-refractivity contribution >= 4 is 5.91 Å². The van der Waals surface area contributed by atoms with Gasteiger partial charge in [0.1, 0.15) is 0 Å². The van der Waals surface area contributed by atoms with Crippen molar-refractivity contribution < 1.29 is 9.21 Å². The molecule has 0 aliphatic carbocycles. The molecule has 3 rings (SSSR count). The molecule has 1 aliphatic rings. The Morgan fingerprint density at radius 1 is 1.20 bits per heavy atom. The van der Waals surface area contributed by atoms with Crippen LogP contribution < -0.4 is 0 Å². The van der Waals surface area contributed by atoms with Gasteiger partial charge in [0.2, 0.25) is 5.76 Å². The van der Waals surface area contributed by atoms with Gasteiger partial charge in [-0.2, -0.15) is 5.10 Å². The Morgan fingerprint density at radius 2 is 1.96 bits per heavy atom. The van der Waals surface area contributed by atoms with Crippen molar-refractivity contribution in [3.8, 4) is 0 Å².